The van der Waals surface area contributed by atoms with Crippen LogP contribution in [0.2, 0.25) is 0 Å². The molecule has 6 heteroatoms. The highest BCUT2D eigenvalue weighted by Gasteiger charge is 2.23. The molecule has 0 saturated heterocycles. The molecule has 1 heterocycles. The fourth-order valence-corrected chi connectivity index (χ4v) is 3.11. The van der Waals surface area contributed by atoms with E-state index in [1.54, 1.807) is 18.2 Å². The van der Waals surface area contributed by atoms with Crippen LogP contribution in [-0.4, -0.2) is 19.0 Å². The van der Waals surface area contributed by atoms with E-state index < -0.39 is 11.6 Å². The fourth-order valence-electron chi connectivity index (χ4n) is 2.09. The summed E-state index contributed by atoms with van der Waals surface area (Å²) in [6.45, 7) is 0.886. The molecule has 0 bridgehead atoms. The minimum Gasteiger partial charge on any atom is -0.486 e. The Labute approximate surface area is 137 Å². The highest BCUT2D eigenvalue weighted by Crippen LogP contribution is 2.37. The molecule has 0 amide bonds. The fraction of sp³-hybridized carbons (Fsp3) is 0.133. The average molecular weight is 416 g/mol. The smallest absolute Gasteiger partial charge is 0.198 e. The first-order valence-electron chi connectivity index (χ1n) is 6.16. The number of ketones is 1. The Morgan fingerprint density at radius 3 is 2.38 bits per heavy atom. The number of carbonyl (C=O) groups is 1. The molecular weight excluding hydrogens is 407 g/mol. The first-order chi connectivity index (χ1) is 10.1. The maximum absolute atomic E-state index is 13.9. The van der Waals surface area contributed by atoms with Gasteiger partial charge in [0.15, 0.2) is 17.3 Å². The van der Waals surface area contributed by atoms with Gasteiger partial charge in [0.1, 0.15) is 19.0 Å². The molecule has 21 heavy (non-hydrogen) atoms. The van der Waals surface area contributed by atoms with E-state index in [0.29, 0.717) is 39.2 Å². The molecule has 0 atom stereocenters. The van der Waals surface area contributed by atoms with Crippen molar-refractivity contribution in [1.29, 1.82) is 0 Å². The predicted octanol–water partition coefficient (Wildman–Crippen LogP) is 4.35. The average Bonchev–Trinajstić information content (AvgIpc) is 2.46. The Kier molecular flexibility index (Phi) is 3.99. The molecule has 0 spiro atoms. The van der Waals surface area contributed by atoms with Crippen molar-refractivity contribution in [3.8, 4) is 11.5 Å². The second kappa shape index (κ2) is 5.77. The Morgan fingerprint density at radius 2 is 1.71 bits per heavy atom. The lowest BCUT2D eigenvalue weighted by Crippen LogP contribution is -2.16. The Balaban J connectivity index is 2.10. The summed E-state index contributed by atoms with van der Waals surface area (Å²) in [6, 6.07) is 7.65. The number of hydrogen-bond acceptors (Lipinski definition) is 3. The molecule has 0 radical (unpaired) electrons. The minimum absolute atomic E-state index is 0.00474. The molecule has 3 nitrogen and oxygen atoms in total. The molecule has 0 aromatic heterocycles. The number of benzene rings is 2. The summed E-state index contributed by atoms with van der Waals surface area (Å²) >= 11 is 6.54. The number of rotatable bonds is 2. The van der Waals surface area contributed by atoms with Crippen LogP contribution in [0.4, 0.5) is 4.39 Å². The summed E-state index contributed by atoms with van der Waals surface area (Å²) < 4.78 is 25.8. The lowest BCUT2D eigenvalue weighted by Gasteiger charge is -2.19. The van der Waals surface area contributed by atoms with Crippen molar-refractivity contribution in [1.82, 2.24) is 0 Å². The number of fused-ring (bicyclic) bond motifs is 1. The van der Waals surface area contributed by atoms with Gasteiger partial charge in [0.2, 0.25) is 0 Å². The van der Waals surface area contributed by atoms with Crippen molar-refractivity contribution in [2.45, 2.75) is 0 Å². The molecule has 1 aliphatic heterocycles. The van der Waals surface area contributed by atoms with Crippen molar-refractivity contribution in [3.63, 3.8) is 0 Å². The maximum Gasteiger partial charge on any atom is 0.198 e. The Morgan fingerprint density at radius 1 is 1.05 bits per heavy atom. The second-order valence-corrected chi connectivity index (χ2v) is 6.11. The van der Waals surface area contributed by atoms with E-state index in [0.717, 1.165) is 0 Å². The standard InChI is InChI=1S/C15H9Br2FO3/c16-9-2-1-3-11(18)14(9)15(19)8-6-12-13(7-10(8)17)21-5-4-20-12/h1-3,6-7H,4-5H2. The van der Waals surface area contributed by atoms with Crippen LogP contribution in [0.25, 0.3) is 0 Å². The minimum atomic E-state index is -0.573. The lowest BCUT2D eigenvalue weighted by atomic mass is 10.0. The molecule has 108 valence electrons. The van der Waals surface area contributed by atoms with Crippen LogP contribution in [0.3, 0.4) is 0 Å². The van der Waals surface area contributed by atoms with Gasteiger partial charge in [0.05, 0.1) is 5.56 Å². The van der Waals surface area contributed by atoms with E-state index >= 15 is 0 Å². The molecule has 2 aromatic rings. The van der Waals surface area contributed by atoms with Crippen LogP contribution < -0.4 is 9.47 Å². The van der Waals surface area contributed by atoms with Crippen molar-refractivity contribution in [3.05, 3.63) is 56.2 Å². The molecule has 0 aliphatic carbocycles. The molecule has 3 rings (SSSR count). The van der Waals surface area contributed by atoms with Gasteiger partial charge in [-0.05, 0) is 56.1 Å². The summed E-state index contributed by atoms with van der Waals surface area (Å²) in [4.78, 5) is 12.6. The largest absolute Gasteiger partial charge is 0.486 e. The molecule has 2 aromatic carbocycles. The van der Waals surface area contributed by atoms with E-state index in [1.807, 2.05) is 0 Å². The first kappa shape index (κ1) is 14.5. The van der Waals surface area contributed by atoms with Crippen molar-refractivity contribution < 1.29 is 18.7 Å². The topological polar surface area (TPSA) is 35.5 Å². The van der Waals surface area contributed by atoms with E-state index in [4.69, 9.17) is 9.47 Å². The predicted molar refractivity (Wildman–Crippen MR) is 82.7 cm³/mol. The Hall–Kier alpha value is -1.40. The SMILES string of the molecule is O=C(c1cc2c(cc1Br)OCCO2)c1c(F)cccc1Br. The second-order valence-electron chi connectivity index (χ2n) is 4.40. The normalized spacial score (nSPS) is 13.1. The van der Waals surface area contributed by atoms with Gasteiger partial charge in [-0.25, -0.2) is 4.39 Å². The van der Waals surface area contributed by atoms with Gasteiger partial charge >= 0.3 is 0 Å². The zero-order chi connectivity index (χ0) is 15.0. The Bertz CT molecular complexity index is 711. The van der Waals surface area contributed by atoms with Gasteiger partial charge < -0.3 is 9.47 Å². The van der Waals surface area contributed by atoms with E-state index in [2.05, 4.69) is 31.9 Å². The number of ether oxygens (including phenoxy) is 2. The molecule has 1 aliphatic rings. The lowest BCUT2D eigenvalue weighted by molar-refractivity contribution is 0.103. The number of halogens is 3. The van der Waals surface area contributed by atoms with Crippen molar-refractivity contribution in [2.24, 2.45) is 0 Å². The summed E-state index contributed by atoms with van der Waals surface area (Å²) in [7, 11) is 0. The van der Waals surface area contributed by atoms with E-state index in [1.165, 1.54) is 12.1 Å². The van der Waals surface area contributed by atoms with Crippen molar-refractivity contribution >= 4 is 37.6 Å². The molecule has 0 fully saturated rings. The third-order valence-electron chi connectivity index (χ3n) is 3.07. The quantitative estimate of drug-likeness (QED) is 0.684. The van der Waals surface area contributed by atoms with E-state index in [9.17, 15) is 9.18 Å². The monoisotopic (exact) mass is 414 g/mol. The van der Waals surface area contributed by atoms with Crippen LogP contribution >= 0.6 is 31.9 Å². The van der Waals surface area contributed by atoms with Gasteiger partial charge in [0.25, 0.3) is 0 Å². The van der Waals surface area contributed by atoms with E-state index in [-0.39, 0.29) is 5.56 Å². The zero-order valence-corrected chi connectivity index (χ0v) is 13.8. The van der Waals surface area contributed by atoms with Gasteiger partial charge in [-0.2, -0.15) is 0 Å². The summed E-state index contributed by atoms with van der Waals surface area (Å²) in [5.74, 6) is 0.0533. The van der Waals surface area contributed by atoms with Gasteiger partial charge in [-0.15, -0.1) is 0 Å². The van der Waals surface area contributed by atoms with Crippen LogP contribution in [-0.2, 0) is 0 Å². The number of hydrogen-bond donors (Lipinski definition) is 0. The van der Waals surface area contributed by atoms with Gasteiger partial charge in [-0.3, -0.25) is 4.79 Å². The number of carbonyl (C=O) groups excluding carboxylic acids is 1. The van der Waals surface area contributed by atoms with Crippen LogP contribution in [0.15, 0.2) is 39.3 Å². The third-order valence-corrected chi connectivity index (χ3v) is 4.38. The summed E-state index contributed by atoms with van der Waals surface area (Å²) in [5, 5.41) is 0. The van der Waals surface area contributed by atoms with Crippen LogP contribution in [0, 0.1) is 5.82 Å². The third kappa shape index (κ3) is 2.70. The maximum atomic E-state index is 13.9. The summed E-state index contributed by atoms with van der Waals surface area (Å²) in [6.07, 6.45) is 0. The van der Waals surface area contributed by atoms with Crippen LogP contribution in [0.5, 0.6) is 11.5 Å². The van der Waals surface area contributed by atoms with Gasteiger partial charge in [0, 0.05) is 14.5 Å². The zero-order valence-electron chi connectivity index (χ0n) is 10.7. The molecule has 0 N–H and O–H groups in total. The highest BCUT2D eigenvalue weighted by molar-refractivity contribution is 9.11. The highest BCUT2D eigenvalue weighted by atomic mass is 79.9. The molecule has 0 saturated carbocycles. The summed E-state index contributed by atoms with van der Waals surface area (Å²) in [5.41, 5.74) is 0.319. The first-order valence-corrected chi connectivity index (χ1v) is 7.74. The van der Waals surface area contributed by atoms with Gasteiger partial charge in [-0.1, -0.05) is 6.07 Å². The van der Waals surface area contributed by atoms with Crippen molar-refractivity contribution in [2.75, 3.05) is 13.2 Å². The molecule has 0 unspecified atom stereocenters. The van der Waals surface area contributed by atoms with Crippen LogP contribution in [0.1, 0.15) is 15.9 Å². The molecular formula is C15H9Br2FO3.